The van der Waals surface area contributed by atoms with Crippen molar-refractivity contribution in [2.45, 2.75) is 23.9 Å². The van der Waals surface area contributed by atoms with Crippen molar-refractivity contribution in [3.05, 3.63) is 99.0 Å². The number of nitrogens with zero attached hydrogens (tertiary/aromatic N) is 1. The minimum atomic E-state index is -0.706. The van der Waals surface area contributed by atoms with Crippen molar-refractivity contribution in [3.63, 3.8) is 0 Å². The number of carbonyl (C=O) groups excluding carboxylic acids is 2. The molecule has 33 heavy (non-hydrogen) atoms. The predicted molar refractivity (Wildman–Crippen MR) is 137 cm³/mol. The van der Waals surface area contributed by atoms with Crippen molar-refractivity contribution < 1.29 is 9.59 Å². The second-order valence-electron chi connectivity index (χ2n) is 7.32. The monoisotopic (exact) mass is 520 g/mol. The Bertz CT molecular complexity index is 1090. The number of amides is 2. The van der Waals surface area contributed by atoms with Crippen LogP contribution in [0.15, 0.2) is 77.7 Å². The molecule has 3 aromatic rings. The molecule has 0 bridgehead atoms. The Morgan fingerprint density at radius 1 is 0.939 bits per heavy atom. The highest BCUT2D eigenvalue weighted by atomic mass is 35.5. The van der Waals surface area contributed by atoms with E-state index in [2.05, 4.69) is 5.32 Å². The summed E-state index contributed by atoms with van der Waals surface area (Å²) in [4.78, 5) is 28.9. The smallest absolute Gasteiger partial charge is 0.242 e. The molecule has 0 saturated heterocycles. The number of thioether (sulfide) groups is 1. The molecule has 0 aliphatic carbocycles. The zero-order valence-corrected chi connectivity index (χ0v) is 21.0. The number of halogens is 3. The van der Waals surface area contributed by atoms with E-state index in [1.165, 1.54) is 11.8 Å². The predicted octanol–water partition coefficient (Wildman–Crippen LogP) is 6.13. The van der Waals surface area contributed by atoms with Gasteiger partial charge < -0.3 is 10.2 Å². The lowest BCUT2D eigenvalue weighted by atomic mass is 10.0. The van der Waals surface area contributed by atoms with E-state index in [9.17, 15) is 9.59 Å². The third kappa shape index (κ3) is 7.41. The maximum absolute atomic E-state index is 13.4. The molecule has 0 spiro atoms. The number of carbonyl (C=O) groups is 2. The zero-order chi connectivity index (χ0) is 23.8. The number of rotatable bonds is 9. The van der Waals surface area contributed by atoms with Crippen LogP contribution in [0.25, 0.3) is 0 Å². The summed E-state index contributed by atoms with van der Waals surface area (Å²) in [7, 11) is 1.57. The van der Waals surface area contributed by atoms with Crippen LogP contribution in [0.3, 0.4) is 0 Å². The Balaban J connectivity index is 1.89. The minimum Gasteiger partial charge on any atom is -0.357 e. The van der Waals surface area contributed by atoms with Gasteiger partial charge in [0.1, 0.15) is 6.04 Å². The zero-order valence-electron chi connectivity index (χ0n) is 17.9. The first-order valence-corrected chi connectivity index (χ1v) is 12.4. The van der Waals surface area contributed by atoms with Crippen LogP contribution in [-0.4, -0.2) is 35.6 Å². The van der Waals surface area contributed by atoms with E-state index in [-0.39, 0.29) is 24.1 Å². The van der Waals surface area contributed by atoms with Gasteiger partial charge in [-0.3, -0.25) is 9.59 Å². The van der Waals surface area contributed by atoms with Crippen LogP contribution < -0.4 is 5.32 Å². The molecule has 1 atom stereocenters. The molecule has 0 unspecified atom stereocenters. The molecule has 0 heterocycles. The lowest BCUT2D eigenvalue weighted by Crippen LogP contribution is -2.50. The average Bonchev–Trinajstić information content (AvgIpc) is 2.82. The van der Waals surface area contributed by atoms with Crippen LogP contribution in [0.5, 0.6) is 0 Å². The van der Waals surface area contributed by atoms with E-state index in [0.717, 1.165) is 10.5 Å². The summed E-state index contributed by atoms with van der Waals surface area (Å²) in [6, 6.07) is 21.3. The molecule has 3 rings (SSSR count). The van der Waals surface area contributed by atoms with Gasteiger partial charge >= 0.3 is 0 Å². The van der Waals surface area contributed by atoms with E-state index in [1.54, 1.807) is 42.3 Å². The molecule has 3 aromatic carbocycles. The Kier molecular flexibility index (Phi) is 9.51. The summed E-state index contributed by atoms with van der Waals surface area (Å²) < 4.78 is 0. The quantitative estimate of drug-likeness (QED) is 0.345. The van der Waals surface area contributed by atoms with Crippen molar-refractivity contribution in [1.82, 2.24) is 10.2 Å². The van der Waals surface area contributed by atoms with E-state index >= 15 is 0 Å². The van der Waals surface area contributed by atoms with Crippen molar-refractivity contribution in [1.29, 1.82) is 0 Å². The lowest BCUT2D eigenvalue weighted by Gasteiger charge is -2.31. The molecule has 0 fully saturated rings. The Morgan fingerprint density at radius 2 is 1.61 bits per heavy atom. The van der Waals surface area contributed by atoms with Crippen molar-refractivity contribution in [2.75, 3.05) is 12.8 Å². The fraction of sp³-hybridized carbons (Fsp3) is 0.200. The van der Waals surface area contributed by atoms with Crippen LogP contribution in [-0.2, 0) is 22.6 Å². The van der Waals surface area contributed by atoms with Gasteiger partial charge in [0.15, 0.2) is 0 Å². The number of benzene rings is 3. The third-order valence-electron chi connectivity index (χ3n) is 5.05. The number of nitrogens with one attached hydrogen (secondary N) is 1. The molecule has 0 aliphatic heterocycles. The summed E-state index contributed by atoms with van der Waals surface area (Å²) >= 11 is 19.8. The number of likely N-dealkylation sites (N-methyl/N-ethyl adjacent to an activating group) is 1. The maximum Gasteiger partial charge on any atom is 0.242 e. The summed E-state index contributed by atoms with van der Waals surface area (Å²) in [5, 5.41) is 4.29. The average molecular weight is 522 g/mol. The fourth-order valence-electron chi connectivity index (χ4n) is 3.31. The van der Waals surface area contributed by atoms with Crippen molar-refractivity contribution in [2.24, 2.45) is 0 Å². The first-order valence-electron chi connectivity index (χ1n) is 10.2. The van der Waals surface area contributed by atoms with Crippen LogP contribution in [0.1, 0.15) is 11.1 Å². The molecule has 0 radical (unpaired) electrons. The van der Waals surface area contributed by atoms with Crippen molar-refractivity contribution in [3.8, 4) is 0 Å². The first-order chi connectivity index (χ1) is 15.9. The van der Waals surface area contributed by atoms with E-state index in [4.69, 9.17) is 34.8 Å². The van der Waals surface area contributed by atoms with E-state index in [0.29, 0.717) is 27.1 Å². The molecule has 172 valence electrons. The standard InChI is InChI=1S/C25H23Cl3N2O2S/c1-29-25(32)23(13-17-5-3-2-4-6-17)30(15-18-7-8-20(27)14-22(18)28)24(31)16-33-21-11-9-19(26)10-12-21/h2-12,14,23H,13,15-16H2,1H3,(H,29,32)/t23-/m1/s1. The fourth-order valence-corrected chi connectivity index (χ4v) is 4.69. The van der Waals surface area contributed by atoms with Crippen LogP contribution in [0, 0.1) is 0 Å². The van der Waals surface area contributed by atoms with Crippen LogP contribution >= 0.6 is 46.6 Å². The van der Waals surface area contributed by atoms with Crippen molar-refractivity contribution >= 4 is 58.4 Å². The molecule has 0 saturated carbocycles. The van der Waals surface area contributed by atoms with E-state index < -0.39 is 6.04 Å². The molecule has 2 amide bonds. The molecular weight excluding hydrogens is 499 g/mol. The molecule has 0 aromatic heterocycles. The summed E-state index contributed by atoms with van der Waals surface area (Å²) in [5.74, 6) is -0.256. The first kappa shape index (κ1) is 25.4. The number of hydrogen-bond donors (Lipinski definition) is 1. The van der Waals surface area contributed by atoms with E-state index in [1.807, 2.05) is 42.5 Å². The van der Waals surface area contributed by atoms with Gasteiger partial charge in [-0.15, -0.1) is 11.8 Å². The summed E-state index contributed by atoms with van der Waals surface area (Å²) in [6.07, 6.45) is 0.378. The van der Waals surface area contributed by atoms with Crippen LogP contribution in [0.2, 0.25) is 15.1 Å². The summed E-state index contributed by atoms with van der Waals surface area (Å²) in [6.45, 7) is 0.181. The van der Waals surface area contributed by atoms with Gasteiger partial charge in [-0.1, -0.05) is 71.2 Å². The Labute approximate surface area is 213 Å². The highest BCUT2D eigenvalue weighted by Crippen LogP contribution is 2.26. The van der Waals surface area contributed by atoms with Gasteiger partial charge in [0.05, 0.1) is 5.75 Å². The highest BCUT2D eigenvalue weighted by molar-refractivity contribution is 8.00. The van der Waals surface area contributed by atoms with Gasteiger partial charge in [-0.2, -0.15) is 0 Å². The molecular formula is C25H23Cl3N2O2S. The van der Waals surface area contributed by atoms with Gasteiger partial charge in [0, 0.05) is 40.0 Å². The summed E-state index contributed by atoms with van der Waals surface area (Å²) in [5.41, 5.74) is 1.67. The van der Waals surface area contributed by atoms with Gasteiger partial charge in [0.2, 0.25) is 11.8 Å². The highest BCUT2D eigenvalue weighted by Gasteiger charge is 2.30. The second-order valence-corrected chi connectivity index (χ2v) is 9.65. The molecule has 8 heteroatoms. The van der Waals surface area contributed by atoms with Gasteiger partial charge in [-0.05, 0) is 47.5 Å². The van der Waals surface area contributed by atoms with Gasteiger partial charge in [0.25, 0.3) is 0 Å². The minimum absolute atomic E-state index is 0.162. The van der Waals surface area contributed by atoms with Gasteiger partial charge in [-0.25, -0.2) is 0 Å². The normalized spacial score (nSPS) is 11.6. The molecule has 4 nitrogen and oxygen atoms in total. The molecule has 1 N–H and O–H groups in total. The topological polar surface area (TPSA) is 49.4 Å². The Morgan fingerprint density at radius 3 is 2.24 bits per heavy atom. The second kappa shape index (κ2) is 12.3. The SMILES string of the molecule is CNC(=O)[C@@H](Cc1ccccc1)N(Cc1ccc(Cl)cc1Cl)C(=O)CSc1ccc(Cl)cc1. The number of hydrogen-bond acceptors (Lipinski definition) is 3. The largest absolute Gasteiger partial charge is 0.357 e. The lowest BCUT2D eigenvalue weighted by molar-refractivity contribution is -0.139. The maximum atomic E-state index is 13.4. The van der Waals surface area contributed by atoms with Crippen LogP contribution in [0.4, 0.5) is 0 Å². The molecule has 0 aliphatic rings. The Hall–Kier alpha value is -2.18. The third-order valence-corrected chi connectivity index (χ3v) is 6.88.